The Morgan fingerprint density at radius 2 is 1.88 bits per heavy atom. The maximum absolute atomic E-state index is 12.1. The number of anilines is 1. The number of nitrogens with one attached hydrogen (secondary N) is 1. The van der Waals surface area contributed by atoms with Crippen LogP contribution in [-0.2, 0) is 22.6 Å². The quantitative estimate of drug-likeness (QED) is 0.832. The van der Waals surface area contributed by atoms with Crippen LogP contribution in [0.1, 0.15) is 36.8 Å². The molecule has 3 rings (SSSR count). The van der Waals surface area contributed by atoms with Gasteiger partial charge in [-0.3, -0.25) is 9.59 Å². The molecule has 5 heteroatoms. The average molecular weight is 371 g/mol. The van der Waals surface area contributed by atoms with Gasteiger partial charge in [0.1, 0.15) is 0 Å². The van der Waals surface area contributed by atoms with E-state index in [-0.39, 0.29) is 11.8 Å². The lowest BCUT2D eigenvalue weighted by Gasteiger charge is -2.27. The highest BCUT2D eigenvalue weighted by molar-refractivity contribution is 6.30. The minimum Gasteiger partial charge on any atom is -0.352 e. The number of nitrogens with zero attached hydrogens (tertiary/aromatic N) is 1. The first-order valence-electron chi connectivity index (χ1n) is 9.02. The van der Waals surface area contributed by atoms with Crippen molar-refractivity contribution in [2.45, 2.75) is 38.6 Å². The molecule has 1 aliphatic heterocycles. The van der Waals surface area contributed by atoms with E-state index in [9.17, 15) is 9.59 Å². The Kier molecular flexibility index (Phi) is 6.29. The molecule has 0 atom stereocenters. The maximum atomic E-state index is 12.1. The molecule has 0 saturated carbocycles. The lowest BCUT2D eigenvalue weighted by molar-refractivity contribution is -0.121. The van der Waals surface area contributed by atoms with Crippen LogP contribution < -0.4 is 10.2 Å². The molecule has 1 heterocycles. The molecule has 0 spiro atoms. The van der Waals surface area contributed by atoms with Crippen molar-refractivity contribution in [3.05, 3.63) is 64.7 Å². The molecule has 1 N–H and O–H groups in total. The van der Waals surface area contributed by atoms with Gasteiger partial charge in [-0.1, -0.05) is 35.9 Å². The monoisotopic (exact) mass is 370 g/mol. The second-order valence-electron chi connectivity index (χ2n) is 6.58. The van der Waals surface area contributed by atoms with Crippen molar-refractivity contribution in [1.29, 1.82) is 0 Å². The number of carbonyl (C=O) groups excluding carboxylic acids is 2. The van der Waals surface area contributed by atoms with Crippen LogP contribution in [0.15, 0.2) is 48.5 Å². The number of rotatable bonds is 6. The fourth-order valence-corrected chi connectivity index (χ4v) is 3.37. The number of aryl methyl sites for hydroxylation is 1. The molecule has 2 aromatic rings. The number of benzene rings is 2. The molecule has 0 bridgehead atoms. The molecule has 2 amide bonds. The van der Waals surface area contributed by atoms with Gasteiger partial charge < -0.3 is 10.2 Å². The van der Waals surface area contributed by atoms with Crippen LogP contribution in [0.4, 0.5) is 5.69 Å². The summed E-state index contributed by atoms with van der Waals surface area (Å²) in [6.45, 7) is 1.23. The second-order valence-corrected chi connectivity index (χ2v) is 7.02. The Morgan fingerprint density at radius 1 is 1.08 bits per heavy atom. The predicted octanol–water partition coefficient (Wildman–Crippen LogP) is 4.11. The van der Waals surface area contributed by atoms with Gasteiger partial charge in [-0.05, 0) is 54.7 Å². The van der Waals surface area contributed by atoms with E-state index in [4.69, 9.17) is 11.6 Å². The largest absolute Gasteiger partial charge is 0.352 e. The van der Waals surface area contributed by atoms with Crippen LogP contribution in [-0.4, -0.2) is 18.4 Å². The summed E-state index contributed by atoms with van der Waals surface area (Å²) in [4.78, 5) is 26.0. The molecule has 0 aromatic heterocycles. The zero-order chi connectivity index (χ0) is 18.4. The smallest absolute Gasteiger partial charge is 0.226 e. The van der Waals surface area contributed by atoms with E-state index in [1.165, 1.54) is 0 Å². The molecular weight excluding hydrogens is 348 g/mol. The van der Waals surface area contributed by atoms with Crippen LogP contribution in [0.2, 0.25) is 5.02 Å². The number of halogens is 1. The number of carbonyl (C=O) groups is 2. The molecule has 2 aromatic carbocycles. The van der Waals surface area contributed by atoms with Gasteiger partial charge in [0.25, 0.3) is 0 Å². The first-order chi connectivity index (χ1) is 12.6. The fourth-order valence-electron chi connectivity index (χ4n) is 3.15. The Labute approximate surface area is 159 Å². The van der Waals surface area contributed by atoms with Crippen molar-refractivity contribution < 1.29 is 9.59 Å². The van der Waals surface area contributed by atoms with Gasteiger partial charge in [0.2, 0.25) is 11.8 Å². The summed E-state index contributed by atoms with van der Waals surface area (Å²) < 4.78 is 0. The van der Waals surface area contributed by atoms with Gasteiger partial charge in [0.05, 0.1) is 0 Å². The topological polar surface area (TPSA) is 49.4 Å². The molecular formula is C21H23ClN2O2. The maximum Gasteiger partial charge on any atom is 0.226 e. The molecule has 4 nitrogen and oxygen atoms in total. The zero-order valence-corrected chi connectivity index (χ0v) is 15.5. The number of piperidine rings is 1. The van der Waals surface area contributed by atoms with Crippen molar-refractivity contribution in [2.24, 2.45) is 0 Å². The fraction of sp³-hybridized carbons (Fsp3) is 0.333. The van der Waals surface area contributed by atoms with Gasteiger partial charge in [0, 0.05) is 36.6 Å². The van der Waals surface area contributed by atoms with E-state index in [1.807, 2.05) is 53.4 Å². The number of hydrogen-bond acceptors (Lipinski definition) is 2. The Balaban J connectivity index is 1.52. The molecule has 26 heavy (non-hydrogen) atoms. The van der Waals surface area contributed by atoms with Gasteiger partial charge in [-0.25, -0.2) is 0 Å². The molecule has 1 saturated heterocycles. The minimum atomic E-state index is 0.00410. The Morgan fingerprint density at radius 3 is 2.69 bits per heavy atom. The van der Waals surface area contributed by atoms with Crippen molar-refractivity contribution in [3.8, 4) is 0 Å². The standard InChI is InChI=1S/C21H23ClN2O2/c22-18-7-3-5-16(13-18)10-11-20(25)23-15-17-6-4-8-19(14-17)24-12-2-1-9-21(24)26/h3-8,13-14H,1-2,9-12,15H2,(H,23,25). The van der Waals surface area contributed by atoms with E-state index in [2.05, 4.69) is 5.32 Å². The summed E-state index contributed by atoms with van der Waals surface area (Å²) in [5, 5.41) is 3.64. The van der Waals surface area contributed by atoms with Gasteiger partial charge >= 0.3 is 0 Å². The van der Waals surface area contributed by atoms with Crippen molar-refractivity contribution in [1.82, 2.24) is 5.32 Å². The third kappa shape index (κ3) is 5.09. The first kappa shape index (κ1) is 18.5. The summed E-state index contributed by atoms with van der Waals surface area (Å²) in [5.41, 5.74) is 2.97. The van der Waals surface area contributed by atoms with Gasteiger partial charge in [-0.15, -0.1) is 0 Å². The molecule has 136 valence electrons. The Bertz CT molecular complexity index is 791. The number of hydrogen-bond donors (Lipinski definition) is 1. The average Bonchev–Trinajstić information content (AvgIpc) is 2.65. The molecule has 0 radical (unpaired) electrons. The van der Waals surface area contributed by atoms with E-state index in [0.29, 0.717) is 30.8 Å². The highest BCUT2D eigenvalue weighted by Crippen LogP contribution is 2.22. The van der Waals surface area contributed by atoms with Gasteiger partial charge in [-0.2, -0.15) is 0 Å². The highest BCUT2D eigenvalue weighted by Gasteiger charge is 2.19. The Hall–Kier alpha value is -2.33. The van der Waals surface area contributed by atoms with E-state index in [0.717, 1.165) is 36.2 Å². The highest BCUT2D eigenvalue weighted by atomic mass is 35.5. The van der Waals surface area contributed by atoms with Crippen LogP contribution in [0.25, 0.3) is 0 Å². The minimum absolute atomic E-state index is 0.00410. The summed E-state index contributed by atoms with van der Waals surface area (Å²) >= 11 is 5.96. The molecule has 0 aliphatic carbocycles. The normalized spacial score (nSPS) is 14.3. The summed E-state index contributed by atoms with van der Waals surface area (Å²) in [6, 6.07) is 15.4. The van der Waals surface area contributed by atoms with Crippen LogP contribution in [0, 0.1) is 0 Å². The SMILES string of the molecule is O=C(CCc1cccc(Cl)c1)NCc1cccc(N2CCCCC2=O)c1. The third-order valence-corrected chi connectivity index (χ3v) is 4.80. The third-order valence-electron chi connectivity index (χ3n) is 4.57. The van der Waals surface area contributed by atoms with Crippen molar-refractivity contribution in [3.63, 3.8) is 0 Å². The lowest BCUT2D eigenvalue weighted by Crippen LogP contribution is -2.35. The van der Waals surface area contributed by atoms with Crippen LogP contribution in [0.3, 0.4) is 0 Å². The molecule has 0 unspecified atom stereocenters. The van der Waals surface area contributed by atoms with E-state index in [1.54, 1.807) is 0 Å². The summed E-state index contributed by atoms with van der Waals surface area (Å²) in [7, 11) is 0. The zero-order valence-electron chi connectivity index (χ0n) is 14.7. The molecule has 1 fully saturated rings. The first-order valence-corrected chi connectivity index (χ1v) is 9.40. The summed E-state index contributed by atoms with van der Waals surface area (Å²) in [6.07, 6.45) is 3.71. The number of amides is 2. The van der Waals surface area contributed by atoms with Crippen molar-refractivity contribution in [2.75, 3.05) is 11.4 Å². The molecule has 1 aliphatic rings. The van der Waals surface area contributed by atoms with E-state index < -0.39 is 0 Å². The summed E-state index contributed by atoms with van der Waals surface area (Å²) in [5.74, 6) is 0.184. The van der Waals surface area contributed by atoms with Crippen LogP contribution in [0.5, 0.6) is 0 Å². The van der Waals surface area contributed by atoms with Gasteiger partial charge in [0.15, 0.2) is 0 Å². The van der Waals surface area contributed by atoms with E-state index >= 15 is 0 Å². The predicted molar refractivity (Wildman–Crippen MR) is 104 cm³/mol. The second kappa shape index (κ2) is 8.86. The lowest BCUT2D eigenvalue weighted by atomic mass is 10.1. The van der Waals surface area contributed by atoms with Crippen molar-refractivity contribution >= 4 is 29.1 Å². The van der Waals surface area contributed by atoms with Crippen LogP contribution >= 0.6 is 11.6 Å².